The number of ether oxygens (including phenoxy) is 1. The molecule has 1 rings (SSSR count). The van der Waals surface area contributed by atoms with Gasteiger partial charge in [0.05, 0.1) is 17.8 Å². The van der Waals surface area contributed by atoms with Crippen molar-refractivity contribution in [3.8, 4) is 5.75 Å². The van der Waals surface area contributed by atoms with E-state index in [1.165, 1.54) is 7.11 Å². The Bertz CT molecular complexity index is 336. The van der Waals surface area contributed by atoms with Crippen molar-refractivity contribution >= 4 is 17.3 Å². The van der Waals surface area contributed by atoms with Gasteiger partial charge < -0.3 is 9.94 Å². The van der Waals surface area contributed by atoms with Crippen LogP contribution >= 0.6 is 11.6 Å². The summed E-state index contributed by atoms with van der Waals surface area (Å²) in [6, 6.07) is 5.30. The highest BCUT2D eigenvalue weighted by Gasteiger charge is 2.08. The van der Waals surface area contributed by atoms with Gasteiger partial charge in [-0.2, -0.15) is 0 Å². The molecule has 0 unspecified atom stereocenters. The van der Waals surface area contributed by atoms with Gasteiger partial charge in [0, 0.05) is 5.56 Å². The van der Waals surface area contributed by atoms with Gasteiger partial charge in [-0.1, -0.05) is 28.9 Å². The lowest BCUT2D eigenvalue weighted by atomic mass is 10.1. The Morgan fingerprint density at radius 3 is 2.77 bits per heavy atom. The zero-order valence-corrected chi connectivity index (χ0v) is 8.17. The van der Waals surface area contributed by atoms with Crippen molar-refractivity contribution in [2.24, 2.45) is 5.16 Å². The normalized spacial score (nSPS) is 11.5. The molecule has 4 heteroatoms. The highest BCUT2D eigenvalue weighted by atomic mass is 35.5. The molecule has 0 radical (unpaired) electrons. The third-order valence-electron chi connectivity index (χ3n) is 1.72. The van der Waals surface area contributed by atoms with Crippen LogP contribution in [0.4, 0.5) is 0 Å². The van der Waals surface area contributed by atoms with Crippen LogP contribution in [-0.2, 0) is 0 Å². The van der Waals surface area contributed by atoms with Gasteiger partial charge in [-0.15, -0.1) is 0 Å². The number of rotatable bonds is 2. The summed E-state index contributed by atoms with van der Waals surface area (Å²) in [6.07, 6.45) is 0. The summed E-state index contributed by atoms with van der Waals surface area (Å²) in [7, 11) is 1.54. The molecule has 0 aliphatic carbocycles. The van der Waals surface area contributed by atoms with Crippen LogP contribution in [0.3, 0.4) is 0 Å². The second kappa shape index (κ2) is 4.14. The smallest absolute Gasteiger partial charge is 0.138 e. The lowest BCUT2D eigenvalue weighted by Gasteiger charge is -2.06. The largest absolute Gasteiger partial charge is 0.495 e. The summed E-state index contributed by atoms with van der Waals surface area (Å²) in [4.78, 5) is 0. The first-order chi connectivity index (χ1) is 6.20. The third kappa shape index (κ3) is 1.92. The number of hydrogen-bond donors (Lipinski definition) is 1. The van der Waals surface area contributed by atoms with E-state index in [2.05, 4.69) is 5.16 Å². The number of nitrogens with zero attached hydrogens (tertiary/aromatic N) is 1. The van der Waals surface area contributed by atoms with Gasteiger partial charge in [0.1, 0.15) is 5.75 Å². The topological polar surface area (TPSA) is 41.8 Å². The van der Waals surface area contributed by atoms with E-state index in [4.69, 9.17) is 21.5 Å². The first kappa shape index (κ1) is 9.86. The Hall–Kier alpha value is -1.22. The quantitative estimate of drug-likeness (QED) is 0.452. The molecule has 0 aliphatic heterocycles. The van der Waals surface area contributed by atoms with Gasteiger partial charge in [0.15, 0.2) is 0 Å². The zero-order chi connectivity index (χ0) is 9.84. The lowest BCUT2D eigenvalue weighted by Crippen LogP contribution is -1.97. The SMILES string of the molecule is COc1cccc(/C(C)=N/O)c1Cl. The third-order valence-corrected chi connectivity index (χ3v) is 2.11. The summed E-state index contributed by atoms with van der Waals surface area (Å²) >= 11 is 5.97. The molecule has 0 saturated heterocycles. The van der Waals surface area contributed by atoms with Crippen molar-refractivity contribution in [3.05, 3.63) is 28.8 Å². The Balaban J connectivity index is 3.23. The van der Waals surface area contributed by atoms with Crippen LogP contribution < -0.4 is 4.74 Å². The van der Waals surface area contributed by atoms with Crippen LogP contribution in [0.5, 0.6) is 5.75 Å². The van der Waals surface area contributed by atoms with Crippen molar-refractivity contribution in [2.75, 3.05) is 7.11 Å². The van der Waals surface area contributed by atoms with Crippen molar-refractivity contribution < 1.29 is 9.94 Å². The summed E-state index contributed by atoms with van der Waals surface area (Å²) < 4.78 is 5.01. The minimum Gasteiger partial charge on any atom is -0.495 e. The van der Waals surface area contributed by atoms with Gasteiger partial charge in [-0.25, -0.2) is 0 Å². The molecule has 13 heavy (non-hydrogen) atoms. The van der Waals surface area contributed by atoms with E-state index in [9.17, 15) is 0 Å². The molecule has 0 amide bonds. The lowest BCUT2D eigenvalue weighted by molar-refractivity contribution is 0.319. The first-order valence-corrected chi connectivity index (χ1v) is 4.10. The summed E-state index contributed by atoms with van der Waals surface area (Å²) in [5.74, 6) is 0.571. The number of oxime groups is 1. The monoisotopic (exact) mass is 199 g/mol. The fourth-order valence-electron chi connectivity index (χ4n) is 1.00. The van der Waals surface area contributed by atoms with Crippen molar-refractivity contribution in [2.45, 2.75) is 6.92 Å². The molecule has 0 saturated carbocycles. The van der Waals surface area contributed by atoms with Crippen LogP contribution in [0.2, 0.25) is 5.02 Å². The Labute approximate surface area is 81.6 Å². The highest BCUT2D eigenvalue weighted by molar-refractivity contribution is 6.35. The van der Waals surface area contributed by atoms with Crippen molar-refractivity contribution in [1.82, 2.24) is 0 Å². The fourth-order valence-corrected chi connectivity index (χ4v) is 1.34. The molecule has 0 atom stereocenters. The van der Waals surface area contributed by atoms with Crippen LogP contribution in [0, 0.1) is 0 Å². The standard InChI is InChI=1S/C9H10ClNO2/c1-6(11-12)7-4-3-5-8(13-2)9(7)10/h3-5,12H,1-2H3/b11-6+. The van der Waals surface area contributed by atoms with Crippen LogP contribution in [0.25, 0.3) is 0 Å². The molecular weight excluding hydrogens is 190 g/mol. The molecule has 0 spiro atoms. The van der Waals surface area contributed by atoms with E-state index in [1.807, 2.05) is 0 Å². The number of hydrogen-bond acceptors (Lipinski definition) is 3. The summed E-state index contributed by atoms with van der Waals surface area (Å²) in [5, 5.41) is 12.1. The minimum absolute atomic E-state index is 0.459. The van der Waals surface area contributed by atoms with Crippen molar-refractivity contribution in [3.63, 3.8) is 0 Å². The average molecular weight is 200 g/mol. The van der Waals surface area contributed by atoms with Crippen LogP contribution in [0.1, 0.15) is 12.5 Å². The molecule has 70 valence electrons. The maximum absolute atomic E-state index is 8.56. The fraction of sp³-hybridized carbons (Fsp3) is 0.222. The average Bonchev–Trinajstić information content (AvgIpc) is 2.17. The first-order valence-electron chi connectivity index (χ1n) is 3.72. The predicted octanol–water partition coefficient (Wildman–Crippen LogP) is 2.55. The van der Waals surface area contributed by atoms with Gasteiger partial charge in [0.25, 0.3) is 0 Å². The van der Waals surface area contributed by atoms with E-state index in [0.717, 1.165) is 0 Å². The van der Waals surface area contributed by atoms with Gasteiger partial charge >= 0.3 is 0 Å². The molecule has 0 bridgehead atoms. The van der Waals surface area contributed by atoms with E-state index < -0.39 is 0 Å². The van der Waals surface area contributed by atoms with Gasteiger partial charge in [-0.3, -0.25) is 0 Å². The van der Waals surface area contributed by atoms with E-state index in [1.54, 1.807) is 25.1 Å². The highest BCUT2D eigenvalue weighted by Crippen LogP contribution is 2.27. The van der Waals surface area contributed by atoms with Gasteiger partial charge in [-0.05, 0) is 13.0 Å². The van der Waals surface area contributed by atoms with E-state index in [-0.39, 0.29) is 0 Å². The summed E-state index contributed by atoms with van der Waals surface area (Å²) in [6.45, 7) is 1.67. The zero-order valence-electron chi connectivity index (χ0n) is 7.41. The van der Waals surface area contributed by atoms with Gasteiger partial charge in [0.2, 0.25) is 0 Å². The number of halogens is 1. The molecule has 1 N–H and O–H groups in total. The van der Waals surface area contributed by atoms with E-state index in [0.29, 0.717) is 22.0 Å². The maximum atomic E-state index is 8.56. The molecule has 0 aliphatic rings. The second-order valence-electron chi connectivity index (χ2n) is 2.51. The Morgan fingerprint density at radius 2 is 2.23 bits per heavy atom. The second-order valence-corrected chi connectivity index (χ2v) is 2.89. The predicted molar refractivity (Wildman–Crippen MR) is 52.0 cm³/mol. The molecule has 0 heterocycles. The van der Waals surface area contributed by atoms with Crippen LogP contribution in [-0.4, -0.2) is 18.0 Å². The molecule has 1 aromatic rings. The number of methoxy groups -OCH3 is 1. The van der Waals surface area contributed by atoms with E-state index >= 15 is 0 Å². The number of benzene rings is 1. The minimum atomic E-state index is 0.459. The summed E-state index contributed by atoms with van der Waals surface area (Å²) in [5.41, 5.74) is 1.13. The van der Waals surface area contributed by atoms with Crippen molar-refractivity contribution in [1.29, 1.82) is 0 Å². The Morgan fingerprint density at radius 1 is 1.54 bits per heavy atom. The Kier molecular flexibility index (Phi) is 3.14. The molecule has 1 aromatic carbocycles. The molecule has 0 fully saturated rings. The molecule has 3 nitrogen and oxygen atoms in total. The maximum Gasteiger partial charge on any atom is 0.138 e. The molecule has 0 aromatic heterocycles. The molecular formula is C9H10ClNO2. The van der Waals surface area contributed by atoms with Crippen LogP contribution in [0.15, 0.2) is 23.4 Å².